The normalized spacial score (nSPS) is 13.0. The second-order valence-electron chi connectivity index (χ2n) is 2.50. The third-order valence-corrected chi connectivity index (χ3v) is 4.03. The molecule has 0 saturated carbocycles. The van der Waals surface area contributed by atoms with Gasteiger partial charge in [-0.15, -0.1) is 11.3 Å². The highest BCUT2D eigenvalue weighted by atomic mass is 79.9. The van der Waals surface area contributed by atoms with Crippen LogP contribution in [0.15, 0.2) is 10.5 Å². The lowest BCUT2D eigenvalue weighted by Crippen LogP contribution is -2.07. The Balaban J connectivity index is 2.97. The van der Waals surface area contributed by atoms with Crippen molar-refractivity contribution in [3.63, 3.8) is 0 Å². The molecular weight excluding hydrogens is 304 g/mol. The Hall–Kier alpha value is 0.330. The van der Waals surface area contributed by atoms with Crippen molar-refractivity contribution < 1.29 is 4.79 Å². The third-order valence-electron chi connectivity index (χ3n) is 1.46. The lowest BCUT2D eigenvalue weighted by molar-refractivity contribution is 0.0999. The largest absolute Gasteiger partial charge is 0.292 e. The van der Waals surface area contributed by atoms with Gasteiger partial charge in [0.2, 0.25) is 0 Å². The summed E-state index contributed by atoms with van der Waals surface area (Å²) in [7, 11) is 0. The summed E-state index contributed by atoms with van der Waals surface area (Å²) in [6, 6.07) is 1.88. The fraction of sp³-hybridized carbons (Fsp3) is 0.375. The number of alkyl halides is 1. The zero-order chi connectivity index (χ0) is 9.30. The van der Waals surface area contributed by atoms with Gasteiger partial charge in [-0.2, -0.15) is 0 Å². The maximum Gasteiger partial charge on any atom is 0.186 e. The molecule has 1 aromatic rings. The summed E-state index contributed by atoms with van der Waals surface area (Å²) >= 11 is 8.15. The molecule has 66 valence electrons. The van der Waals surface area contributed by atoms with Crippen LogP contribution in [0.2, 0.25) is 0 Å². The molecule has 4 heteroatoms. The molecular formula is C8H8Br2OS. The van der Waals surface area contributed by atoms with Crippen LogP contribution < -0.4 is 0 Å². The Labute approximate surface area is 92.4 Å². The van der Waals surface area contributed by atoms with Gasteiger partial charge in [-0.05, 0) is 35.8 Å². The van der Waals surface area contributed by atoms with Crippen molar-refractivity contribution in [2.75, 3.05) is 0 Å². The van der Waals surface area contributed by atoms with E-state index in [1.807, 2.05) is 19.9 Å². The molecule has 0 N–H and O–H groups in total. The summed E-state index contributed by atoms with van der Waals surface area (Å²) in [5.41, 5.74) is 0. The van der Waals surface area contributed by atoms with Crippen molar-refractivity contribution in [2.45, 2.75) is 18.7 Å². The van der Waals surface area contributed by atoms with Gasteiger partial charge >= 0.3 is 0 Å². The molecule has 0 amide bonds. The van der Waals surface area contributed by atoms with E-state index in [0.717, 1.165) is 14.2 Å². The Morgan fingerprint density at radius 2 is 2.25 bits per heavy atom. The average molecular weight is 312 g/mol. The van der Waals surface area contributed by atoms with E-state index in [2.05, 4.69) is 31.9 Å². The number of hydrogen-bond donors (Lipinski definition) is 0. The van der Waals surface area contributed by atoms with Crippen molar-refractivity contribution in [1.29, 1.82) is 0 Å². The molecule has 0 spiro atoms. The molecule has 1 rings (SSSR count). The highest BCUT2D eigenvalue weighted by Crippen LogP contribution is 2.27. The molecule has 0 fully saturated rings. The van der Waals surface area contributed by atoms with Crippen LogP contribution in [0.25, 0.3) is 0 Å². The summed E-state index contributed by atoms with van der Waals surface area (Å²) in [6.07, 6.45) is 0. The second-order valence-corrected chi connectivity index (χ2v) is 5.98. The molecule has 0 radical (unpaired) electrons. The highest BCUT2D eigenvalue weighted by molar-refractivity contribution is 9.10. The second kappa shape index (κ2) is 4.03. The fourth-order valence-electron chi connectivity index (χ4n) is 0.777. The molecule has 1 nitrogen and oxygen atoms in total. The Morgan fingerprint density at radius 1 is 1.67 bits per heavy atom. The molecule has 0 aliphatic carbocycles. The van der Waals surface area contributed by atoms with Crippen molar-refractivity contribution in [2.24, 2.45) is 0 Å². The van der Waals surface area contributed by atoms with E-state index in [1.165, 1.54) is 11.3 Å². The van der Waals surface area contributed by atoms with Crippen LogP contribution in [-0.4, -0.2) is 10.6 Å². The first-order chi connectivity index (χ1) is 5.52. The number of ketones is 1. The first-order valence-electron chi connectivity index (χ1n) is 3.46. The van der Waals surface area contributed by atoms with Crippen LogP contribution in [0.3, 0.4) is 0 Å². The summed E-state index contributed by atoms with van der Waals surface area (Å²) in [5, 5.41) is 0. The first kappa shape index (κ1) is 10.4. The number of Topliss-reactive ketones (excluding diaryl/α,β-unsaturated/α-hetero) is 1. The molecule has 1 heterocycles. The number of carbonyl (C=O) groups is 1. The van der Waals surface area contributed by atoms with Gasteiger partial charge in [0.15, 0.2) is 5.78 Å². The number of aryl methyl sites for hydroxylation is 1. The van der Waals surface area contributed by atoms with Gasteiger partial charge in [-0.25, -0.2) is 0 Å². The van der Waals surface area contributed by atoms with E-state index in [0.29, 0.717) is 0 Å². The monoisotopic (exact) mass is 310 g/mol. The molecule has 0 saturated heterocycles. The van der Waals surface area contributed by atoms with Crippen LogP contribution in [0, 0.1) is 6.92 Å². The summed E-state index contributed by atoms with van der Waals surface area (Å²) < 4.78 is 1.02. The topological polar surface area (TPSA) is 17.1 Å². The maximum atomic E-state index is 11.5. The SMILES string of the molecule is Cc1sc(C(=O)C(C)Br)cc1Br. The van der Waals surface area contributed by atoms with Gasteiger partial charge in [0.1, 0.15) is 0 Å². The summed E-state index contributed by atoms with van der Waals surface area (Å²) in [6.45, 7) is 3.83. The zero-order valence-electron chi connectivity index (χ0n) is 6.73. The van der Waals surface area contributed by atoms with E-state index in [1.54, 1.807) is 0 Å². The fourth-order valence-corrected chi connectivity index (χ4v) is 2.74. The van der Waals surface area contributed by atoms with Gasteiger partial charge in [-0.3, -0.25) is 4.79 Å². The Kier molecular flexibility index (Phi) is 3.49. The van der Waals surface area contributed by atoms with Gasteiger partial charge in [0.05, 0.1) is 9.70 Å². The molecule has 0 aromatic carbocycles. The number of hydrogen-bond acceptors (Lipinski definition) is 2. The quantitative estimate of drug-likeness (QED) is 0.600. The predicted octanol–water partition coefficient (Wildman–Crippen LogP) is 3.79. The minimum absolute atomic E-state index is 0.0950. The smallest absolute Gasteiger partial charge is 0.186 e. The zero-order valence-corrected chi connectivity index (χ0v) is 10.7. The van der Waals surface area contributed by atoms with Crippen LogP contribution in [0.5, 0.6) is 0 Å². The van der Waals surface area contributed by atoms with E-state index in [-0.39, 0.29) is 10.6 Å². The molecule has 0 aliphatic heterocycles. The Morgan fingerprint density at radius 3 is 2.58 bits per heavy atom. The number of thiophene rings is 1. The van der Waals surface area contributed by atoms with Crippen LogP contribution >= 0.6 is 43.2 Å². The average Bonchev–Trinajstić information content (AvgIpc) is 2.30. The van der Waals surface area contributed by atoms with Crippen molar-refractivity contribution in [3.05, 3.63) is 20.3 Å². The molecule has 12 heavy (non-hydrogen) atoms. The first-order valence-corrected chi connectivity index (χ1v) is 5.99. The van der Waals surface area contributed by atoms with Crippen LogP contribution in [-0.2, 0) is 0 Å². The van der Waals surface area contributed by atoms with E-state index >= 15 is 0 Å². The van der Waals surface area contributed by atoms with Crippen LogP contribution in [0.4, 0.5) is 0 Å². The molecule has 1 aromatic heterocycles. The number of carbonyl (C=O) groups excluding carboxylic acids is 1. The van der Waals surface area contributed by atoms with Crippen molar-refractivity contribution in [3.8, 4) is 0 Å². The third kappa shape index (κ3) is 2.18. The molecule has 1 unspecified atom stereocenters. The summed E-state index contributed by atoms with van der Waals surface area (Å²) in [4.78, 5) is 13.3. The Bertz CT molecular complexity index is 285. The van der Waals surface area contributed by atoms with Gasteiger partial charge in [0.25, 0.3) is 0 Å². The standard InChI is InChI=1S/C8H8Br2OS/c1-4(9)8(11)7-3-6(10)5(2)12-7/h3-4H,1-2H3. The van der Waals surface area contributed by atoms with Gasteiger partial charge in [0, 0.05) is 9.35 Å². The number of halogens is 2. The number of rotatable bonds is 2. The van der Waals surface area contributed by atoms with Gasteiger partial charge in [-0.1, -0.05) is 15.9 Å². The lowest BCUT2D eigenvalue weighted by atomic mass is 10.2. The van der Waals surface area contributed by atoms with Gasteiger partial charge < -0.3 is 0 Å². The molecule has 0 aliphatic rings. The summed E-state index contributed by atoms with van der Waals surface area (Å²) in [5.74, 6) is 0.147. The van der Waals surface area contributed by atoms with E-state index in [4.69, 9.17) is 0 Å². The maximum absolute atomic E-state index is 11.5. The molecule has 0 bridgehead atoms. The minimum Gasteiger partial charge on any atom is -0.292 e. The predicted molar refractivity (Wildman–Crippen MR) is 59.5 cm³/mol. The van der Waals surface area contributed by atoms with Crippen LogP contribution in [0.1, 0.15) is 21.5 Å². The highest BCUT2D eigenvalue weighted by Gasteiger charge is 2.15. The van der Waals surface area contributed by atoms with Crippen molar-refractivity contribution in [1.82, 2.24) is 0 Å². The van der Waals surface area contributed by atoms with E-state index < -0.39 is 0 Å². The van der Waals surface area contributed by atoms with E-state index in [9.17, 15) is 4.79 Å². The minimum atomic E-state index is -0.0950. The molecule has 1 atom stereocenters. The van der Waals surface area contributed by atoms with Crippen molar-refractivity contribution >= 4 is 49.0 Å². The lowest BCUT2D eigenvalue weighted by Gasteiger charge is -1.96.